The minimum absolute atomic E-state index is 0.0233. The van der Waals surface area contributed by atoms with E-state index in [1.165, 1.54) is 12.3 Å². The Morgan fingerprint density at radius 2 is 2.10 bits per heavy atom. The molecule has 0 fully saturated rings. The van der Waals surface area contributed by atoms with Gasteiger partial charge < -0.3 is 9.15 Å². The van der Waals surface area contributed by atoms with Crippen LogP contribution in [0.4, 0.5) is 5.69 Å². The summed E-state index contributed by atoms with van der Waals surface area (Å²) in [5, 5.41) is 11.3. The number of nitro benzene ring substituents is 1. The van der Waals surface area contributed by atoms with Gasteiger partial charge in [-0.3, -0.25) is 10.1 Å². The minimum Gasteiger partial charge on any atom is -0.483 e. The molecule has 1 aliphatic heterocycles. The maximum absolute atomic E-state index is 11.3. The van der Waals surface area contributed by atoms with Gasteiger partial charge in [0.05, 0.1) is 22.8 Å². The molecule has 0 amide bonds. The van der Waals surface area contributed by atoms with E-state index in [0.717, 1.165) is 5.56 Å². The molecular formula is C15H13NO4. The predicted octanol–water partition coefficient (Wildman–Crippen LogP) is 4.04. The van der Waals surface area contributed by atoms with Crippen molar-refractivity contribution in [1.29, 1.82) is 0 Å². The number of ether oxygens (including phenoxy) is 1. The van der Waals surface area contributed by atoms with Crippen LogP contribution in [-0.2, 0) is 0 Å². The van der Waals surface area contributed by atoms with Crippen LogP contribution >= 0.6 is 0 Å². The van der Waals surface area contributed by atoms with Crippen molar-refractivity contribution in [1.82, 2.24) is 0 Å². The Morgan fingerprint density at radius 1 is 1.30 bits per heavy atom. The number of hydrogen-bond donors (Lipinski definition) is 0. The van der Waals surface area contributed by atoms with E-state index >= 15 is 0 Å². The summed E-state index contributed by atoms with van der Waals surface area (Å²) in [6.45, 7) is 3.80. The van der Waals surface area contributed by atoms with Gasteiger partial charge in [0.15, 0.2) is 0 Å². The summed E-state index contributed by atoms with van der Waals surface area (Å²) >= 11 is 0. The van der Waals surface area contributed by atoms with Crippen molar-refractivity contribution in [3.05, 3.63) is 52.3 Å². The van der Waals surface area contributed by atoms with Gasteiger partial charge >= 0.3 is 0 Å². The summed E-state index contributed by atoms with van der Waals surface area (Å²) < 4.78 is 11.0. The maximum atomic E-state index is 11.3. The monoisotopic (exact) mass is 271 g/mol. The first-order chi connectivity index (χ1) is 9.46. The SMILES string of the molecule is CC1(C)C=Cc2cc(-c3ccco3)c([N+](=O)[O-])cc2O1. The molecule has 20 heavy (non-hydrogen) atoms. The molecule has 0 spiro atoms. The highest BCUT2D eigenvalue weighted by Gasteiger charge is 2.27. The normalized spacial score (nSPS) is 15.5. The molecular weight excluding hydrogens is 258 g/mol. The molecule has 0 aliphatic carbocycles. The first kappa shape index (κ1) is 12.5. The van der Waals surface area contributed by atoms with E-state index in [1.807, 2.05) is 26.0 Å². The molecule has 102 valence electrons. The lowest BCUT2D eigenvalue weighted by molar-refractivity contribution is -0.384. The molecule has 1 aliphatic rings. The standard InChI is InChI=1S/C15H13NO4/c1-15(2)6-5-10-8-11(13-4-3-7-19-13)12(16(17)18)9-14(10)20-15/h3-9H,1-2H3. The Labute approximate surface area is 115 Å². The Balaban J connectivity index is 2.20. The largest absolute Gasteiger partial charge is 0.483 e. The topological polar surface area (TPSA) is 65.5 Å². The lowest BCUT2D eigenvalue weighted by Gasteiger charge is -2.27. The van der Waals surface area contributed by atoms with Crippen LogP contribution in [0.1, 0.15) is 19.4 Å². The predicted molar refractivity (Wildman–Crippen MR) is 74.5 cm³/mol. The Hall–Kier alpha value is -2.56. The van der Waals surface area contributed by atoms with Crippen LogP contribution in [0.5, 0.6) is 5.75 Å². The molecule has 0 radical (unpaired) electrons. The van der Waals surface area contributed by atoms with E-state index in [2.05, 4.69) is 0 Å². The number of fused-ring (bicyclic) bond motifs is 1. The van der Waals surface area contributed by atoms with Crippen molar-refractivity contribution in [2.45, 2.75) is 19.4 Å². The highest BCUT2D eigenvalue weighted by atomic mass is 16.6. The van der Waals surface area contributed by atoms with Gasteiger partial charge in [0, 0.05) is 5.56 Å². The quantitative estimate of drug-likeness (QED) is 0.610. The summed E-state index contributed by atoms with van der Waals surface area (Å²) in [4.78, 5) is 10.8. The number of nitrogens with zero attached hydrogens (tertiary/aromatic N) is 1. The number of hydrogen-bond acceptors (Lipinski definition) is 4. The fourth-order valence-corrected chi connectivity index (χ4v) is 2.19. The van der Waals surface area contributed by atoms with Crippen LogP contribution in [-0.4, -0.2) is 10.5 Å². The number of nitro groups is 1. The van der Waals surface area contributed by atoms with E-state index < -0.39 is 10.5 Å². The van der Waals surface area contributed by atoms with Crippen molar-refractivity contribution in [3.63, 3.8) is 0 Å². The summed E-state index contributed by atoms with van der Waals surface area (Å²) in [7, 11) is 0. The van der Waals surface area contributed by atoms with Crippen LogP contribution in [0, 0.1) is 10.1 Å². The first-order valence-corrected chi connectivity index (χ1v) is 6.21. The Bertz CT molecular complexity index is 699. The molecule has 0 saturated heterocycles. The van der Waals surface area contributed by atoms with Crippen LogP contribution < -0.4 is 4.74 Å². The number of rotatable bonds is 2. The molecule has 0 atom stereocenters. The second-order valence-corrected chi connectivity index (χ2v) is 5.18. The van der Waals surface area contributed by atoms with Gasteiger partial charge in [-0.15, -0.1) is 0 Å². The lowest BCUT2D eigenvalue weighted by Crippen LogP contribution is -2.27. The van der Waals surface area contributed by atoms with E-state index in [1.54, 1.807) is 18.2 Å². The van der Waals surface area contributed by atoms with Crippen LogP contribution in [0.25, 0.3) is 17.4 Å². The van der Waals surface area contributed by atoms with E-state index in [4.69, 9.17) is 9.15 Å². The van der Waals surface area contributed by atoms with Crippen LogP contribution in [0.3, 0.4) is 0 Å². The summed E-state index contributed by atoms with van der Waals surface area (Å²) in [6.07, 6.45) is 5.33. The fraction of sp³-hybridized carbons (Fsp3) is 0.200. The molecule has 5 nitrogen and oxygen atoms in total. The minimum atomic E-state index is -0.465. The zero-order valence-electron chi connectivity index (χ0n) is 11.1. The van der Waals surface area contributed by atoms with Gasteiger partial charge in [0.25, 0.3) is 5.69 Å². The molecule has 3 rings (SSSR count). The van der Waals surface area contributed by atoms with Gasteiger partial charge in [-0.2, -0.15) is 0 Å². The van der Waals surface area contributed by atoms with Gasteiger partial charge in [-0.05, 0) is 38.1 Å². The molecule has 1 aromatic heterocycles. The van der Waals surface area contributed by atoms with E-state index in [0.29, 0.717) is 17.1 Å². The third-order valence-electron chi connectivity index (χ3n) is 3.15. The summed E-state index contributed by atoms with van der Waals surface area (Å²) in [5.41, 5.74) is 0.769. The van der Waals surface area contributed by atoms with Gasteiger partial charge in [-0.25, -0.2) is 0 Å². The molecule has 5 heteroatoms. The fourth-order valence-electron chi connectivity index (χ4n) is 2.19. The smallest absolute Gasteiger partial charge is 0.284 e. The van der Waals surface area contributed by atoms with Crippen molar-refractivity contribution < 1.29 is 14.1 Å². The van der Waals surface area contributed by atoms with E-state index in [9.17, 15) is 10.1 Å². The zero-order chi connectivity index (χ0) is 14.3. The lowest BCUT2D eigenvalue weighted by atomic mass is 9.99. The molecule has 0 saturated carbocycles. The highest BCUT2D eigenvalue weighted by Crippen LogP contribution is 2.40. The second kappa shape index (κ2) is 4.23. The third kappa shape index (κ3) is 2.07. The molecule has 0 bridgehead atoms. The molecule has 1 aromatic carbocycles. The average Bonchev–Trinajstić information content (AvgIpc) is 2.89. The number of benzene rings is 1. The van der Waals surface area contributed by atoms with Gasteiger partial charge in [-0.1, -0.05) is 6.08 Å². The first-order valence-electron chi connectivity index (χ1n) is 6.21. The van der Waals surface area contributed by atoms with E-state index in [-0.39, 0.29) is 5.69 Å². The molecule has 2 aromatic rings. The van der Waals surface area contributed by atoms with Crippen LogP contribution in [0.15, 0.2) is 41.0 Å². The summed E-state index contributed by atoms with van der Waals surface area (Å²) in [5.74, 6) is 0.984. The number of furan rings is 1. The Morgan fingerprint density at radius 3 is 2.75 bits per heavy atom. The van der Waals surface area contributed by atoms with Gasteiger partial charge in [0.2, 0.25) is 0 Å². The second-order valence-electron chi connectivity index (χ2n) is 5.18. The van der Waals surface area contributed by atoms with Crippen molar-refractivity contribution in [2.75, 3.05) is 0 Å². The third-order valence-corrected chi connectivity index (χ3v) is 3.15. The van der Waals surface area contributed by atoms with Crippen molar-refractivity contribution in [2.24, 2.45) is 0 Å². The van der Waals surface area contributed by atoms with Crippen LogP contribution in [0.2, 0.25) is 0 Å². The Kier molecular flexibility index (Phi) is 2.64. The van der Waals surface area contributed by atoms with Crippen molar-refractivity contribution in [3.8, 4) is 17.1 Å². The average molecular weight is 271 g/mol. The maximum Gasteiger partial charge on any atom is 0.284 e. The molecule has 0 unspecified atom stereocenters. The molecule has 2 heterocycles. The van der Waals surface area contributed by atoms with Crippen molar-refractivity contribution >= 4 is 11.8 Å². The zero-order valence-corrected chi connectivity index (χ0v) is 11.1. The highest BCUT2D eigenvalue weighted by molar-refractivity contribution is 5.77. The summed E-state index contributed by atoms with van der Waals surface area (Å²) in [6, 6.07) is 6.58. The van der Waals surface area contributed by atoms with Gasteiger partial charge in [0.1, 0.15) is 17.1 Å². The molecule has 0 N–H and O–H groups in total.